The molecule has 0 aliphatic heterocycles. The van der Waals surface area contributed by atoms with Crippen molar-refractivity contribution in [1.29, 1.82) is 0 Å². The van der Waals surface area contributed by atoms with E-state index in [2.05, 4.69) is 9.47 Å². The molecule has 12 heteroatoms. The van der Waals surface area contributed by atoms with Crippen molar-refractivity contribution in [1.82, 2.24) is 0 Å². The number of benzene rings is 2. The number of hydrogen-bond acceptors (Lipinski definition) is 3. The standard InChI is InChI=1S/C20H13F9O3/c21-18(22,23)10-31-13-6-8-17(32-11-19(24,25)26)14(9-13)16(30)7-5-12-3-1-2-4-15(12)20(27,28)29/h1-9H,10-11H2. The number of halogens is 9. The third-order valence-electron chi connectivity index (χ3n) is 3.69. The predicted octanol–water partition coefficient (Wildman–Crippen LogP) is 6.48. The summed E-state index contributed by atoms with van der Waals surface area (Å²) in [5, 5.41) is 0. The van der Waals surface area contributed by atoms with Crippen molar-refractivity contribution in [3.8, 4) is 11.5 Å². The highest BCUT2D eigenvalue weighted by molar-refractivity contribution is 6.09. The lowest BCUT2D eigenvalue weighted by molar-refractivity contribution is -0.154. The Labute approximate surface area is 175 Å². The van der Waals surface area contributed by atoms with Gasteiger partial charge in [0.15, 0.2) is 19.0 Å². The fraction of sp³-hybridized carbons (Fsp3) is 0.250. The van der Waals surface area contributed by atoms with Crippen molar-refractivity contribution in [3.63, 3.8) is 0 Å². The minimum absolute atomic E-state index is 0.407. The average molecular weight is 472 g/mol. The van der Waals surface area contributed by atoms with Crippen molar-refractivity contribution in [2.45, 2.75) is 18.5 Å². The predicted molar refractivity (Wildman–Crippen MR) is 94.4 cm³/mol. The normalized spacial score (nSPS) is 12.8. The Balaban J connectivity index is 2.37. The Morgan fingerprint density at radius 2 is 1.41 bits per heavy atom. The quantitative estimate of drug-likeness (QED) is 0.263. The molecule has 0 N–H and O–H groups in total. The number of carbonyl (C=O) groups is 1. The summed E-state index contributed by atoms with van der Waals surface area (Å²) >= 11 is 0. The minimum atomic E-state index is -4.78. The first-order valence-corrected chi connectivity index (χ1v) is 8.57. The zero-order valence-electron chi connectivity index (χ0n) is 15.7. The van der Waals surface area contributed by atoms with Crippen LogP contribution in [0.15, 0.2) is 48.5 Å². The van der Waals surface area contributed by atoms with Gasteiger partial charge in [-0.3, -0.25) is 4.79 Å². The van der Waals surface area contributed by atoms with Gasteiger partial charge in [0, 0.05) is 0 Å². The highest BCUT2D eigenvalue weighted by Gasteiger charge is 2.33. The average Bonchev–Trinajstić information content (AvgIpc) is 2.67. The second kappa shape index (κ2) is 9.53. The first-order valence-electron chi connectivity index (χ1n) is 8.57. The van der Waals surface area contributed by atoms with Gasteiger partial charge in [-0.25, -0.2) is 0 Å². The topological polar surface area (TPSA) is 35.5 Å². The molecular weight excluding hydrogens is 459 g/mol. The van der Waals surface area contributed by atoms with Crippen LogP contribution >= 0.6 is 0 Å². The van der Waals surface area contributed by atoms with Gasteiger partial charge in [0.05, 0.1) is 11.1 Å². The lowest BCUT2D eigenvalue weighted by Gasteiger charge is -2.14. The molecule has 0 aromatic heterocycles. The van der Waals surface area contributed by atoms with Gasteiger partial charge in [0.25, 0.3) is 0 Å². The first kappa shape index (κ1) is 25.1. The second-order valence-corrected chi connectivity index (χ2v) is 6.25. The maximum absolute atomic E-state index is 13.1. The molecule has 0 aliphatic rings. The van der Waals surface area contributed by atoms with Crippen LogP contribution < -0.4 is 9.47 Å². The number of carbonyl (C=O) groups excluding carboxylic acids is 1. The summed E-state index contributed by atoms with van der Waals surface area (Å²) in [5.74, 6) is -2.26. The van der Waals surface area contributed by atoms with Crippen molar-refractivity contribution in [2.75, 3.05) is 13.2 Å². The molecule has 174 valence electrons. The summed E-state index contributed by atoms with van der Waals surface area (Å²) in [4.78, 5) is 12.5. The summed E-state index contributed by atoms with van der Waals surface area (Å²) < 4.78 is 122. The highest BCUT2D eigenvalue weighted by Crippen LogP contribution is 2.33. The van der Waals surface area contributed by atoms with Crippen LogP contribution in [0.2, 0.25) is 0 Å². The second-order valence-electron chi connectivity index (χ2n) is 6.25. The third-order valence-corrected chi connectivity index (χ3v) is 3.69. The number of ketones is 1. The first-order chi connectivity index (χ1) is 14.7. The Kier molecular flexibility index (Phi) is 7.47. The van der Waals surface area contributed by atoms with Crippen LogP contribution in [-0.2, 0) is 6.18 Å². The Hall–Kier alpha value is -3.18. The lowest BCUT2D eigenvalue weighted by atomic mass is 10.0. The van der Waals surface area contributed by atoms with Crippen molar-refractivity contribution >= 4 is 11.9 Å². The van der Waals surface area contributed by atoms with Gasteiger partial charge in [0.1, 0.15) is 11.5 Å². The molecule has 0 saturated heterocycles. The molecule has 3 nitrogen and oxygen atoms in total. The molecule has 2 aromatic rings. The number of hydrogen-bond donors (Lipinski definition) is 0. The van der Waals surface area contributed by atoms with Crippen LogP contribution in [0.1, 0.15) is 21.5 Å². The van der Waals surface area contributed by atoms with E-state index in [0.717, 1.165) is 36.4 Å². The number of rotatable bonds is 7. The molecule has 0 atom stereocenters. The van der Waals surface area contributed by atoms with E-state index in [0.29, 0.717) is 12.1 Å². The van der Waals surface area contributed by atoms with Gasteiger partial charge in [-0.05, 0) is 35.9 Å². The molecule has 0 saturated carbocycles. The van der Waals surface area contributed by atoms with E-state index in [-0.39, 0.29) is 0 Å². The molecule has 0 radical (unpaired) electrons. The van der Waals surface area contributed by atoms with Crippen LogP contribution in [-0.4, -0.2) is 31.3 Å². The maximum Gasteiger partial charge on any atom is 0.422 e. The highest BCUT2D eigenvalue weighted by atomic mass is 19.4. The molecule has 0 fully saturated rings. The van der Waals surface area contributed by atoms with E-state index in [1.54, 1.807) is 0 Å². The van der Waals surface area contributed by atoms with Crippen LogP contribution in [0.4, 0.5) is 39.5 Å². The molecule has 0 bridgehead atoms. The smallest absolute Gasteiger partial charge is 0.422 e. The van der Waals surface area contributed by atoms with E-state index in [9.17, 15) is 44.3 Å². The van der Waals surface area contributed by atoms with Gasteiger partial charge in [-0.15, -0.1) is 0 Å². The fourth-order valence-corrected chi connectivity index (χ4v) is 2.40. The fourth-order valence-electron chi connectivity index (χ4n) is 2.40. The van der Waals surface area contributed by atoms with E-state index in [1.807, 2.05) is 0 Å². The molecule has 0 unspecified atom stereocenters. The van der Waals surface area contributed by atoms with E-state index in [1.165, 1.54) is 6.07 Å². The maximum atomic E-state index is 13.1. The number of alkyl halides is 9. The van der Waals surface area contributed by atoms with Crippen LogP contribution in [0.25, 0.3) is 6.08 Å². The largest absolute Gasteiger partial charge is 0.484 e. The number of allylic oxidation sites excluding steroid dienone is 1. The van der Waals surface area contributed by atoms with Crippen LogP contribution in [0.3, 0.4) is 0 Å². The van der Waals surface area contributed by atoms with Crippen molar-refractivity contribution in [2.24, 2.45) is 0 Å². The monoisotopic (exact) mass is 472 g/mol. The molecule has 32 heavy (non-hydrogen) atoms. The van der Waals surface area contributed by atoms with Gasteiger partial charge in [-0.2, -0.15) is 39.5 Å². The summed E-state index contributed by atoms with van der Waals surface area (Å²) in [7, 11) is 0. The zero-order chi connectivity index (χ0) is 24.2. The van der Waals surface area contributed by atoms with E-state index in [4.69, 9.17) is 0 Å². The molecule has 2 aromatic carbocycles. The van der Waals surface area contributed by atoms with Gasteiger partial charge in [0.2, 0.25) is 0 Å². The molecule has 0 spiro atoms. The Bertz CT molecular complexity index is 974. The van der Waals surface area contributed by atoms with Gasteiger partial charge in [-0.1, -0.05) is 24.3 Å². The van der Waals surface area contributed by atoms with Crippen LogP contribution in [0.5, 0.6) is 11.5 Å². The summed E-state index contributed by atoms with van der Waals surface area (Å²) in [6.07, 6.45) is -12.8. The van der Waals surface area contributed by atoms with E-state index < -0.39 is 65.7 Å². The van der Waals surface area contributed by atoms with Gasteiger partial charge < -0.3 is 9.47 Å². The van der Waals surface area contributed by atoms with Crippen LogP contribution in [0, 0.1) is 0 Å². The number of ether oxygens (including phenoxy) is 2. The van der Waals surface area contributed by atoms with Gasteiger partial charge >= 0.3 is 18.5 Å². The van der Waals surface area contributed by atoms with E-state index >= 15 is 0 Å². The van der Waals surface area contributed by atoms with Crippen molar-refractivity contribution < 1.29 is 53.8 Å². The molecule has 2 rings (SSSR count). The molecule has 0 heterocycles. The summed E-state index contributed by atoms with van der Waals surface area (Å²) in [6, 6.07) is 6.55. The Morgan fingerprint density at radius 1 is 0.812 bits per heavy atom. The third kappa shape index (κ3) is 7.82. The SMILES string of the molecule is O=C(C=Cc1ccccc1C(F)(F)F)c1cc(OCC(F)(F)F)ccc1OCC(F)(F)F. The Morgan fingerprint density at radius 3 is 2.00 bits per heavy atom. The molecule has 0 aliphatic carbocycles. The zero-order valence-corrected chi connectivity index (χ0v) is 15.7. The summed E-state index contributed by atoms with van der Waals surface area (Å²) in [6.45, 7) is -3.55. The molecule has 0 amide bonds. The summed E-state index contributed by atoms with van der Waals surface area (Å²) in [5.41, 5.74) is -2.11. The minimum Gasteiger partial charge on any atom is -0.484 e. The lowest BCUT2D eigenvalue weighted by Crippen LogP contribution is -2.21. The molecular formula is C20H13F9O3. The van der Waals surface area contributed by atoms with Crippen molar-refractivity contribution in [3.05, 3.63) is 65.2 Å².